The average molecular weight is 469 g/mol. The Morgan fingerprint density at radius 2 is 1.87 bits per heavy atom. The topological polar surface area (TPSA) is 79.2 Å². The number of rotatable bonds is 9. The molecule has 0 atom stereocenters. The summed E-state index contributed by atoms with van der Waals surface area (Å²) in [4.78, 5) is 23.8. The lowest BCUT2D eigenvalue weighted by Gasteiger charge is -2.19. The summed E-state index contributed by atoms with van der Waals surface area (Å²) in [5, 5.41) is 11.6. The molecule has 0 heterocycles. The molecule has 2 rings (SSSR count). The molecule has 2 aromatic carbocycles. The molecule has 0 fully saturated rings. The minimum Gasteiger partial charge on any atom is -0.466 e. The van der Waals surface area contributed by atoms with E-state index in [1.54, 1.807) is 0 Å². The highest BCUT2D eigenvalue weighted by Crippen LogP contribution is 2.38. The van der Waals surface area contributed by atoms with Gasteiger partial charge in [0, 0.05) is 34.7 Å². The van der Waals surface area contributed by atoms with Crippen molar-refractivity contribution in [2.75, 3.05) is 11.9 Å². The zero-order chi connectivity index (χ0) is 23.0. The van der Waals surface area contributed by atoms with E-state index in [4.69, 9.17) is 33.2 Å². The van der Waals surface area contributed by atoms with Crippen molar-refractivity contribution < 1.29 is 23.1 Å². The summed E-state index contributed by atoms with van der Waals surface area (Å²) in [5.74, 6) is -4.39. The molecule has 0 aliphatic heterocycles. The van der Waals surface area contributed by atoms with E-state index < -0.39 is 29.8 Å². The van der Waals surface area contributed by atoms with Crippen molar-refractivity contribution in [1.29, 1.82) is 5.26 Å². The Morgan fingerprint density at radius 3 is 2.55 bits per heavy atom. The number of hydrogen-bond donors (Lipinski definition) is 1. The molecule has 0 aliphatic rings. The van der Waals surface area contributed by atoms with E-state index in [0.29, 0.717) is 12.1 Å². The second-order valence-electron chi connectivity index (χ2n) is 6.73. The zero-order valence-electron chi connectivity index (χ0n) is 16.7. The van der Waals surface area contributed by atoms with Gasteiger partial charge in [-0.05, 0) is 49.2 Å². The zero-order valence-corrected chi connectivity index (χ0v) is 18.2. The number of anilines is 1. The maximum atomic E-state index is 14.7. The first-order chi connectivity index (χ1) is 14.7. The lowest BCUT2D eigenvalue weighted by molar-refractivity contribution is -0.144. The van der Waals surface area contributed by atoms with Gasteiger partial charge in [-0.2, -0.15) is 5.26 Å². The van der Waals surface area contributed by atoms with Crippen LogP contribution in [0.4, 0.5) is 14.5 Å². The quantitative estimate of drug-likeness (QED) is 0.344. The Hall–Kier alpha value is -2.69. The van der Waals surface area contributed by atoms with Gasteiger partial charge in [0.2, 0.25) is 0 Å². The maximum Gasteiger partial charge on any atom is 0.305 e. The molecule has 0 bridgehead atoms. The summed E-state index contributed by atoms with van der Waals surface area (Å²) >= 11 is 11.8. The fourth-order valence-corrected chi connectivity index (χ4v) is 3.15. The Kier molecular flexibility index (Phi) is 8.78. The number of nitriles is 1. The maximum absolute atomic E-state index is 14.7. The van der Waals surface area contributed by atoms with Gasteiger partial charge in [-0.3, -0.25) is 9.59 Å². The summed E-state index contributed by atoms with van der Waals surface area (Å²) < 4.78 is 34.3. The van der Waals surface area contributed by atoms with Crippen LogP contribution >= 0.6 is 23.2 Å². The fourth-order valence-electron chi connectivity index (χ4n) is 2.73. The second kappa shape index (κ2) is 11.1. The normalized spacial score (nSPS) is 11.0. The summed E-state index contributed by atoms with van der Waals surface area (Å²) in [7, 11) is 0. The predicted molar refractivity (Wildman–Crippen MR) is 115 cm³/mol. The lowest BCUT2D eigenvalue weighted by Crippen LogP contribution is -2.18. The van der Waals surface area contributed by atoms with Gasteiger partial charge in [0.15, 0.2) is 0 Å². The first-order valence-corrected chi connectivity index (χ1v) is 10.3. The van der Waals surface area contributed by atoms with Crippen LogP contribution in [-0.2, 0) is 15.5 Å². The highest BCUT2D eigenvalue weighted by molar-refractivity contribution is 6.32. The van der Waals surface area contributed by atoms with Crippen molar-refractivity contribution in [2.24, 2.45) is 0 Å². The number of halogens is 4. The lowest BCUT2D eigenvalue weighted by atomic mass is 10.0. The molecular weight excluding hydrogens is 449 g/mol. The molecule has 0 saturated carbocycles. The summed E-state index contributed by atoms with van der Waals surface area (Å²) in [6, 6.07) is 9.79. The first kappa shape index (κ1) is 24.6. The minimum absolute atomic E-state index is 0.0260. The molecule has 2 aromatic rings. The van der Waals surface area contributed by atoms with Crippen LogP contribution in [-0.4, -0.2) is 18.5 Å². The average Bonchev–Trinajstić information content (AvgIpc) is 2.73. The van der Waals surface area contributed by atoms with Crippen LogP contribution in [0.5, 0.6) is 0 Å². The Morgan fingerprint density at radius 1 is 1.16 bits per heavy atom. The van der Waals surface area contributed by atoms with Gasteiger partial charge in [0.05, 0.1) is 17.2 Å². The van der Waals surface area contributed by atoms with E-state index in [1.807, 2.05) is 13.0 Å². The van der Waals surface area contributed by atoms with Crippen molar-refractivity contribution in [3.63, 3.8) is 0 Å². The van der Waals surface area contributed by atoms with Gasteiger partial charge in [0.25, 0.3) is 11.8 Å². The predicted octanol–water partition coefficient (Wildman–Crippen LogP) is 6.33. The van der Waals surface area contributed by atoms with Gasteiger partial charge in [-0.1, -0.05) is 30.1 Å². The third-order valence-corrected chi connectivity index (χ3v) is 4.98. The summed E-state index contributed by atoms with van der Waals surface area (Å²) in [6.45, 7) is 1.69. The number of esters is 1. The van der Waals surface area contributed by atoms with Gasteiger partial charge in [-0.25, -0.2) is 8.78 Å². The molecular formula is C22H20Cl2F2N2O3. The third kappa shape index (κ3) is 6.91. The van der Waals surface area contributed by atoms with Crippen LogP contribution in [0, 0.1) is 11.3 Å². The molecule has 1 amide bonds. The standard InChI is InChI=1S/C22H20Cl2F2N2O3/c1-2-4-20(29)31-10-3-9-22(25,26)17-12-14(5-7-19(17)24)21(30)28-16-6-8-18(23)15(11-16)13-27/h5-8,11-12H,2-4,9-10H2,1H3,(H,28,30). The molecule has 0 unspecified atom stereocenters. The monoisotopic (exact) mass is 468 g/mol. The van der Waals surface area contributed by atoms with Crippen molar-refractivity contribution in [3.8, 4) is 6.07 Å². The van der Waals surface area contributed by atoms with E-state index in [2.05, 4.69) is 5.32 Å². The Balaban J connectivity index is 2.10. The number of alkyl halides is 2. The number of hydrogen-bond acceptors (Lipinski definition) is 4. The molecule has 0 aromatic heterocycles. The number of benzene rings is 2. The van der Waals surface area contributed by atoms with Crippen LogP contribution in [0.1, 0.15) is 54.1 Å². The Bertz CT molecular complexity index is 1010. The van der Waals surface area contributed by atoms with Gasteiger partial charge >= 0.3 is 5.97 Å². The van der Waals surface area contributed by atoms with Gasteiger partial charge in [-0.15, -0.1) is 0 Å². The van der Waals surface area contributed by atoms with Crippen LogP contribution in [0.25, 0.3) is 0 Å². The molecule has 164 valence electrons. The largest absolute Gasteiger partial charge is 0.466 e. The van der Waals surface area contributed by atoms with E-state index in [0.717, 1.165) is 6.07 Å². The van der Waals surface area contributed by atoms with Crippen LogP contribution in [0.2, 0.25) is 10.0 Å². The van der Waals surface area contributed by atoms with Crippen LogP contribution in [0.3, 0.4) is 0 Å². The molecule has 1 N–H and O–H groups in total. The molecule has 0 spiro atoms. The van der Waals surface area contributed by atoms with Crippen LogP contribution in [0.15, 0.2) is 36.4 Å². The number of carbonyl (C=O) groups is 2. The fraction of sp³-hybridized carbons (Fsp3) is 0.318. The smallest absolute Gasteiger partial charge is 0.305 e. The van der Waals surface area contributed by atoms with Gasteiger partial charge in [0.1, 0.15) is 6.07 Å². The highest BCUT2D eigenvalue weighted by Gasteiger charge is 2.34. The number of nitrogens with one attached hydrogen (secondary N) is 1. The number of ether oxygens (including phenoxy) is 1. The van der Waals surface area contributed by atoms with Crippen molar-refractivity contribution in [3.05, 3.63) is 63.1 Å². The summed E-state index contributed by atoms with van der Waals surface area (Å²) in [6.07, 6.45) is 0.201. The van der Waals surface area contributed by atoms with E-state index in [9.17, 15) is 18.4 Å². The van der Waals surface area contributed by atoms with Crippen molar-refractivity contribution in [2.45, 2.75) is 38.5 Å². The number of amides is 1. The molecule has 0 saturated heterocycles. The van der Waals surface area contributed by atoms with E-state index in [1.165, 1.54) is 30.3 Å². The SMILES string of the molecule is CCCC(=O)OCCCC(F)(F)c1cc(C(=O)Nc2ccc(Cl)c(C#N)c2)ccc1Cl. The molecule has 0 radical (unpaired) electrons. The van der Waals surface area contributed by atoms with Crippen LogP contribution < -0.4 is 5.32 Å². The first-order valence-electron chi connectivity index (χ1n) is 9.52. The third-order valence-electron chi connectivity index (χ3n) is 4.32. The molecule has 5 nitrogen and oxygen atoms in total. The molecule has 31 heavy (non-hydrogen) atoms. The molecule has 0 aliphatic carbocycles. The second-order valence-corrected chi connectivity index (χ2v) is 7.55. The highest BCUT2D eigenvalue weighted by atomic mass is 35.5. The summed E-state index contributed by atoms with van der Waals surface area (Å²) in [5.41, 5.74) is -0.0528. The Labute approximate surface area is 188 Å². The van der Waals surface area contributed by atoms with Crippen molar-refractivity contribution >= 4 is 40.8 Å². The number of carbonyl (C=O) groups excluding carboxylic acids is 2. The minimum atomic E-state index is -3.32. The number of nitrogens with zero attached hydrogens (tertiary/aromatic N) is 1. The molecule has 9 heteroatoms. The van der Waals surface area contributed by atoms with E-state index in [-0.39, 0.29) is 40.6 Å². The van der Waals surface area contributed by atoms with Crippen molar-refractivity contribution in [1.82, 2.24) is 0 Å². The van der Waals surface area contributed by atoms with Gasteiger partial charge < -0.3 is 10.1 Å². The van der Waals surface area contributed by atoms with E-state index >= 15 is 0 Å².